The number of carbonyl (C=O) groups excluding carboxylic acids is 1. The number of hydrogen-bond donors (Lipinski definition) is 2. The van der Waals surface area contributed by atoms with E-state index in [1.165, 1.54) is 0 Å². The molecule has 7 heteroatoms. The number of para-hydroxylation sites is 1. The Balaban J connectivity index is 1.92. The summed E-state index contributed by atoms with van der Waals surface area (Å²) in [5.74, 6) is -0.215. The van der Waals surface area contributed by atoms with Gasteiger partial charge in [0.25, 0.3) is 0 Å². The molecule has 1 aromatic carbocycles. The van der Waals surface area contributed by atoms with Crippen molar-refractivity contribution < 1.29 is 9.53 Å². The van der Waals surface area contributed by atoms with E-state index in [0.717, 1.165) is 16.6 Å². The number of anilines is 1. The first kappa shape index (κ1) is 16.8. The van der Waals surface area contributed by atoms with E-state index >= 15 is 0 Å². The van der Waals surface area contributed by atoms with Gasteiger partial charge in [0, 0.05) is 24.1 Å². The maximum atomic E-state index is 12.6. The molecule has 0 saturated carbocycles. The zero-order chi connectivity index (χ0) is 19.0. The van der Waals surface area contributed by atoms with Gasteiger partial charge in [-0.3, -0.25) is 0 Å². The van der Waals surface area contributed by atoms with E-state index in [1.807, 2.05) is 41.9 Å². The van der Waals surface area contributed by atoms with Crippen LogP contribution in [0.1, 0.15) is 17.3 Å². The van der Waals surface area contributed by atoms with Crippen LogP contribution in [0.25, 0.3) is 33.7 Å². The molecule has 3 N–H and O–H groups in total. The van der Waals surface area contributed by atoms with E-state index < -0.39 is 0 Å². The molecule has 0 aliphatic carbocycles. The molecule has 0 unspecified atom stereocenters. The minimum atomic E-state index is -0.387. The maximum Gasteiger partial charge on any atom is 0.340 e. The number of fused-ring (bicyclic) bond motifs is 1. The number of nitrogen functional groups attached to an aromatic ring is 1. The van der Waals surface area contributed by atoms with Gasteiger partial charge < -0.3 is 20.0 Å². The van der Waals surface area contributed by atoms with Crippen LogP contribution in [0.15, 0.2) is 48.7 Å². The Morgan fingerprint density at radius 3 is 2.81 bits per heavy atom. The van der Waals surface area contributed by atoms with Crippen molar-refractivity contribution >= 4 is 22.8 Å². The zero-order valence-corrected chi connectivity index (χ0v) is 15.1. The predicted octanol–water partition coefficient (Wildman–Crippen LogP) is 3.39. The number of rotatable bonds is 4. The Kier molecular flexibility index (Phi) is 4.12. The third-order valence-corrected chi connectivity index (χ3v) is 4.47. The van der Waals surface area contributed by atoms with Crippen LogP contribution in [0.4, 0.5) is 5.95 Å². The van der Waals surface area contributed by atoms with Gasteiger partial charge in [-0.05, 0) is 31.2 Å². The van der Waals surface area contributed by atoms with Crippen molar-refractivity contribution in [1.82, 2.24) is 19.5 Å². The zero-order valence-electron chi connectivity index (χ0n) is 15.1. The van der Waals surface area contributed by atoms with Crippen molar-refractivity contribution in [2.45, 2.75) is 6.92 Å². The molecule has 0 aliphatic heterocycles. The number of aryl methyl sites for hydroxylation is 1. The number of esters is 1. The first-order chi connectivity index (χ1) is 13.1. The van der Waals surface area contributed by atoms with Gasteiger partial charge in [0.2, 0.25) is 5.95 Å². The second kappa shape index (κ2) is 6.60. The number of aromatic amines is 1. The summed E-state index contributed by atoms with van der Waals surface area (Å²) in [7, 11) is 1.97. The Morgan fingerprint density at radius 2 is 2.07 bits per heavy atom. The standard InChI is InChI=1S/C20H19N5O2/c1-3-27-19(26)13-11-15(14-8-9-22-20(21)24-14)23-18(13)17-10-12-6-4-5-7-16(12)25(17)2/h4-11,23H,3H2,1-2H3,(H2,21,22,24). The fraction of sp³-hybridized carbons (Fsp3) is 0.150. The normalized spacial score (nSPS) is 11.0. The Morgan fingerprint density at radius 1 is 1.26 bits per heavy atom. The first-order valence-electron chi connectivity index (χ1n) is 8.62. The summed E-state index contributed by atoms with van der Waals surface area (Å²) in [6.45, 7) is 2.08. The van der Waals surface area contributed by atoms with Gasteiger partial charge in [0.05, 0.1) is 34.9 Å². The highest BCUT2D eigenvalue weighted by Crippen LogP contribution is 2.32. The number of benzene rings is 1. The highest BCUT2D eigenvalue weighted by Gasteiger charge is 2.22. The van der Waals surface area contributed by atoms with Crippen LogP contribution in [-0.4, -0.2) is 32.1 Å². The van der Waals surface area contributed by atoms with Gasteiger partial charge >= 0.3 is 5.97 Å². The van der Waals surface area contributed by atoms with Crippen LogP contribution >= 0.6 is 0 Å². The molecule has 4 rings (SSSR count). The topological polar surface area (TPSA) is 98.8 Å². The average molecular weight is 361 g/mol. The van der Waals surface area contributed by atoms with Gasteiger partial charge in [-0.1, -0.05) is 18.2 Å². The monoisotopic (exact) mass is 361 g/mol. The third-order valence-electron chi connectivity index (χ3n) is 4.47. The van der Waals surface area contributed by atoms with E-state index in [1.54, 1.807) is 25.3 Å². The van der Waals surface area contributed by atoms with Crippen molar-refractivity contribution in [3.8, 4) is 22.8 Å². The predicted molar refractivity (Wildman–Crippen MR) is 104 cm³/mol. The first-order valence-corrected chi connectivity index (χ1v) is 8.62. The molecule has 7 nitrogen and oxygen atoms in total. The second-order valence-corrected chi connectivity index (χ2v) is 6.14. The second-order valence-electron chi connectivity index (χ2n) is 6.14. The van der Waals surface area contributed by atoms with E-state index in [9.17, 15) is 4.79 Å². The van der Waals surface area contributed by atoms with Crippen molar-refractivity contribution in [2.24, 2.45) is 7.05 Å². The summed E-state index contributed by atoms with van der Waals surface area (Å²) < 4.78 is 7.29. The molecule has 3 aromatic heterocycles. The number of aromatic nitrogens is 4. The summed E-state index contributed by atoms with van der Waals surface area (Å²) >= 11 is 0. The van der Waals surface area contributed by atoms with Crippen molar-refractivity contribution in [3.05, 3.63) is 54.2 Å². The largest absolute Gasteiger partial charge is 0.462 e. The molecule has 0 bridgehead atoms. The highest BCUT2D eigenvalue weighted by atomic mass is 16.5. The summed E-state index contributed by atoms with van der Waals surface area (Å²) in [5.41, 5.74) is 10.1. The number of hydrogen-bond acceptors (Lipinski definition) is 5. The smallest absolute Gasteiger partial charge is 0.340 e. The van der Waals surface area contributed by atoms with Gasteiger partial charge in [-0.2, -0.15) is 0 Å². The van der Waals surface area contributed by atoms with Crippen LogP contribution in [-0.2, 0) is 11.8 Å². The molecule has 0 atom stereocenters. The van der Waals surface area contributed by atoms with Crippen LogP contribution in [0.3, 0.4) is 0 Å². The molecule has 0 amide bonds. The number of H-pyrrole nitrogens is 1. The summed E-state index contributed by atoms with van der Waals surface area (Å²) in [6.07, 6.45) is 1.58. The lowest BCUT2D eigenvalue weighted by atomic mass is 10.1. The number of nitrogens with zero attached hydrogens (tertiary/aromatic N) is 3. The van der Waals surface area contributed by atoms with Crippen LogP contribution in [0.2, 0.25) is 0 Å². The van der Waals surface area contributed by atoms with E-state index in [-0.39, 0.29) is 11.9 Å². The molecule has 27 heavy (non-hydrogen) atoms. The van der Waals surface area contributed by atoms with Gasteiger partial charge in [0.15, 0.2) is 0 Å². The SMILES string of the molecule is CCOC(=O)c1cc(-c2ccnc(N)n2)[nH]c1-c1cc2ccccc2n1C. The third kappa shape index (κ3) is 2.93. The lowest BCUT2D eigenvalue weighted by Gasteiger charge is -2.06. The molecule has 0 fully saturated rings. The Labute approximate surface area is 155 Å². The van der Waals surface area contributed by atoms with Crippen molar-refractivity contribution in [2.75, 3.05) is 12.3 Å². The van der Waals surface area contributed by atoms with Gasteiger partial charge in [0.1, 0.15) is 0 Å². The summed E-state index contributed by atoms with van der Waals surface area (Å²) in [4.78, 5) is 24.0. The molecule has 3 heterocycles. The van der Waals surface area contributed by atoms with E-state index in [4.69, 9.17) is 10.5 Å². The molecule has 136 valence electrons. The average Bonchev–Trinajstić information content (AvgIpc) is 3.24. The molecular formula is C20H19N5O2. The quantitative estimate of drug-likeness (QED) is 0.543. The minimum Gasteiger partial charge on any atom is -0.462 e. The molecule has 0 aliphatic rings. The summed E-state index contributed by atoms with van der Waals surface area (Å²) in [5, 5.41) is 1.09. The van der Waals surface area contributed by atoms with Crippen LogP contribution in [0.5, 0.6) is 0 Å². The van der Waals surface area contributed by atoms with E-state index in [0.29, 0.717) is 29.3 Å². The molecule has 4 aromatic rings. The van der Waals surface area contributed by atoms with Crippen molar-refractivity contribution in [3.63, 3.8) is 0 Å². The molecular weight excluding hydrogens is 342 g/mol. The fourth-order valence-corrected chi connectivity index (χ4v) is 3.22. The Bertz CT molecular complexity index is 1140. The molecule has 0 radical (unpaired) electrons. The van der Waals surface area contributed by atoms with Crippen LogP contribution < -0.4 is 5.73 Å². The number of carbonyl (C=O) groups is 1. The van der Waals surface area contributed by atoms with Gasteiger partial charge in [-0.15, -0.1) is 0 Å². The minimum absolute atomic E-state index is 0.172. The van der Waals surface area contributed by atoms with Crippen LogP contribution in [0, 0.1) is 0 Å². The maximum absolute atomic E-state index is 12.6. The number of nitrogens with two attached hydrogens (primary N) is 1. The lowest BCUT2D eigenvalue weighted by Crippen LogP contribution is -2.06. The van der Waals surface area contributed by atoms with E-state index in [2.05, 4.69) is 15.0 Å². The number of nitrogens with one attached hydrogen (secondary N) is 1. The fourth-order valence-electron chi connectivity index (χ4n) is 3.22. The van der Waals surface area contributed by atoms with Gasteiger partial charge in [-0.25, -0.2) is 14.8 Å². The lowest BCUT2D eigenvalue weighted by molar-refractivity contribution is 0.0527. The van der Waals surface area contributed by atoms with Crippen molar-refractivity contribution in [1.29, 1.82) is 0 Å². The molecule has 0 spiro atoms. The highest BCUT2D eigenvalue weighted by molar-refractivity contribution is 5.99. The molecule has 0 saturated heterocycles. The number of ether oxygens (including phenoxy) is 1. The Hall–Kier alpha value is -3.61. The summed E-state index contributed by atoms with van der Waals surface area (Å²) in [6, 6.07) is 13.6.